The Balaban J connectivity index is 1.19. The minimum atomic E-state index is 1.18. The van der Waals surface area contributed by atoms with Crippen molar-refractivity contribution in [3.8, 4) is 100 Å². The van der Waals surface area contributed by atoms with E-state index in [1.54, 1.807) is 0 Å². The Morgan fingerprint density at radius 1 is 0.132 bits per heavy atom. The molecule has 0 atom stereocenters. The third-order valence-electron chi connectivity index (χ3n) is 13.4. The van der Waals surface area contributed by atoms with Crippen molar-refractivity contribution in [3.63, 3.8) is 0 Å². The SMILES string of the molecule is c1ccc(-c2cc(-c3ccccc3)cc(-c3cccc4c(-c5cc(-c6ccccc6)cc(-c6ccccc6)c5)c5cccc(-c6cc(-c7ccccc7)cc(-c7ccccc7)c6)c5cc34)c2)cc1. The van der Waals surface area contributed by atoms with E-state index in [0.29, 0.717) is 0 Å². The first-order valence-corrected chi connectivity index (χ1v) is 23.5. The Morgan fingerprint density at radius 2 is 0.368 bits per heavy atom. The second kappa shape index (κ2) is 17.9. The van der Waals surface area contributed by atoms with Gasteiger partial charge in [-0.15, -0.1) is 0 Å². The topological polar surface area (TPSA) is 0 Å². The van der Waals surface area contributed by atoms with Gasteiger partial charge in [0.25, 0.3) is 0 Å². The maximum absolute atomic E-state index is 2.48. The van der Waals surface area contributed by atoms with Crippen LogP contribution in [0.5, 0.6) is 0 Å². The molecule has 0 aliphatic rings. The van der Waals surface area contributed by atoms with Crippen LogP contribution in [-0.4, -0.2) is 0 Å². The van der Waals surface area contributed by atoms with Crippen LogP contribution < -0.4 is 0 Å². The fraction of sp³-hybridized carbons (Fsp3) is 0. The van der Waals surface area contributed by atoms with Gasteiger partial charge < -0.3 is 0 Å². The van der Waals surface area contributed by atoms with Crippen LogP contribution in [0, 0.1) is 0 Å². The fourth-order valence-corrected chi connectivity index (χ4v) is 10.1. The third-order valence-corrected chi connectivity index (χ3v) is 13.4. The summed E-state index contributed by atoms with van der Waals surface area (Å²) in [5.41, 5.74) is 21.4. The van der Waals surface area contributed by atoms with Crippen LogP contribution in [0.4, 0.5) is 0 Å². The molecule has 12 rings (SSSR count). The largest absolute Gasteiger partial charge is 0.0622 e. The molecule has 0 heterocycles. The molecule has 0 nitrogen and oxygen atoms in total. The molecule has 0 aromatic heterocycles. The molecule has 318 valence electrons. The normalized spacial score (nSPS) is 11.2. The Morgan fingerprint density at radius 3 is 0.632 bits per heavy atom. The summed E-state index contributed by atoms with van der Waals surface area (Å²) in [6.07, 6.45) is 0. The van der Waals surface area contributed by atoms with Crippen LogP contribution in [0.15, 0.2) is 279 Å². The second-order valence-corrected chi connectivity index (χ2v) is 17.6. The van der Waals surface area contributed by atoms with E-state index in [2.05, 4.69) is 279 Å². The number of hydrogen-bond donors (Lipinski definition) is 0. The minimum Gasteiger partial charge on any atom is -0.0622 e. The van der Waals surface area contributed by atoms with Crippen molar-refractivity contribution in [1.29, 1.82) is 0 Å². The molecular formula is C68H46. The van der Waals surface area contributed by atoms with Gasteiger partial charge in [0.2, 0.25) is 0 Å². The molecule has 0 heteroatoms. The van der Waals surface area contributed by atoms with Gasteiger partial charge in [-0.25, -0.2) is 0 Å². The number of benzene rings is 12. The minimum absolute atomic E-state index is 1.18. The number of rotatable bonds is 9. The molecule has 0 saturated heterocycles. The van der Waals surface area contributed by atoms with E-state index in [4.69, 9.17) is 0 Å². The van der Waals surface area contributed by atoms with E-state index in [-0.39, 0.29) is 0 Å². The van der Waals surface area contributed by atoms with E-state index < -0.39 is 0 Å². The first-order chi connectivity index (χ1) is 33.7. The summed E-state index contributed by atoms with van der Waals surface area (Å²) in [4.78, 5) is 0. The summed E-state index contributed by atoms with van der Waals surface area (Å²) in [6.45, 7) is 0. The van der Waals surface area contributed by atoms with Crippen LogP contribution in [0.25, 0.3) is 122 Å². The zero-order valence-electron chi connectivity index (χ0n) is 37.6. The van der Waals surface area contributed by atoms with Crippen molar-refractivity contribution < 1.29 is 0 Å². The molecule has 0 radical (unpaired) electrons. The quantitative estimate of drug-likeness (QED) is 0.127. The molecule has 0 saturated carbocycles. The highest BCUT2D eigenvalue weighted by Crippen LogP contribution is 2.47. The van der Waals surface area contributed by atoms with Gasteiger partial charge in [0.15, 0.2) is 0 Å². The highest BCUT2D eigenvalue weighted by molar-refractivity contribution is 6.19. The molecule has 0 bridgehead atoms. The lowest BCUT2D eigenvalue weighted by atomic mass is 9.83. The van der Waals surface area contributed by atoms with E-state index in [0.717, 1.165) is 0 Å². The van der Waals surface area contributed by atoms with Gasteiger partial charge in [0.05, 0.1) is 0 Å². The lowest BCUT2D eigenvalue weighted by Gasteiger charge is -2.20. The average molecular weight is 863 g/mol. The van der Waals surface area contributed by atoms with E-state index >= 15 is 0 Å². The molecule has 12 aromatic rings. The molecule has 68 heavy (non-hydrogen) atoms. The lowest BCUT2D eigenvalue weighted by molar-refractivity contribution is 1.57. The van der Waals surface area contributed by atoms with Crippen molar-refractivity contribution in [3.05, 3.63) is 279 Å². The monoisotopic (exact) mass is 862 g/mol. The van der Waals surface area contributed by atoms with Crippen molar-refractivity contribution in [2.75, 3.05) is 0 Å². The highest BCUT2D eigenvalue weighted by atomic mass is 14.2. The van der Waals surface area contributed by atoms with E-state index in [9.17, 15) is 0 Å². The predicted molar refractivity (Wildman–Crippen MR) is 290 cm³/mol. The van der Waals surface area contributed by atoms with Crippen LogP contribution in [0.1, 0.15) is 0 Å². The predicted octanol–water partition coefficient (Wildman–Crippen LogP) is 19.0. The van der Waals surface area contributed by atoms with Gasteiger partial charge >= 0.3 is 0 Å². The highest BCUT2D eigenvalue weighted by Gasteiger charge is 2.20. The van der Waals surface area contributed by atoms with Crippen molar-refractivity contribution >= 4 is 21.5 Å². The van der Waals surface area contributed by atoms with Crippen molar-refractivity contribution in [1.82, 2.24) is 0 Å². The molecule has 0 spiro atoms. The fourth-order valence-electron chi connectivity index (χ4n) is 10.1. The van der Waals surface area contributed by atoms with Crippen molar-refractivity contribution in [2.24, 2.45) is 0 Å². The maximum Gasteiger partial charge on any atom is -0.00259 e. The molecule has 0 aliphatic heterocycles. The maximum atomic E-state index is 2.48. The summed E-state index contributed by atoms with van der Waals surface area (Å²) in [6, 6.07) is 102. The lowest BCUT2D eigenvalue weighted by Crippen LogP contribution is -1.93. The summed E-state index contributed by atoms with van der Waals surface area (Å²) < 4.78 is 0. The van der Waals surface area contributed by atoms with Gasteiger partial charge in [0, 0.05) is 0 Å². The summed E-state index contributed by atoms with van der Waals surface area (Å²) in [5.74, 6) is 0. The molecule has 0 unspecified atom stereocenters. The second-order valence-electron chi connectivity index (χ2n) is 17.6. The summed E-state index contributed by atoms with van der Waals surface area (Å²) in [7, 11) is 0. The third kappa shape index (κ3) is 7.89. The van der Waals surface area contributed by atoms with Crippen molar-refractivity contribution in [2.45, 2.75) is 0 Å². The average Bonchev–Trinajstić information content (AvgIpc) is 3.43. The van der Waals surface area contributed by atoms with Crippen LogP contribution in [0.3, 0.4) is 0 Å². The molecular weight excluding hydrogens is 817 g/mol. The Bertz CT molecular complexity index is 3370. The van der Waals surface area contributed by atoms with Crippen LogP contribution >= 0.6 is 0 Å². The van der Waals surface area contributed by atoms with Gasteiger partial charge in [-0.2, -0.15) is 0 Å². The first kappa shape index (κ1) is 40.7. The Hall–Kier alpha value is -8.84. The van der Waals surface area contributed by atoms with E-state index in [1.165, 1.54) is 122 Å². The van der Waals surface area contributed by atoms with Gasteiger partial charge in [-0.3, -0.25) is 0 Å². The summed E-state index contributed by atoms with van der Waals surface area (Å²) in [5, 5.41) is 4.85. The molecule has 0 aliphatic carbocycles. The number of fused-ring (bicyclic) bond motifs is 2. The van der Waals surface area contributed by atoms with Gasteiger partial charge in [-0.1, -0.05) is 218 Å². The molecule has 12 aromatic carbocycles. The number of hydrogen-bond acceptors (Lipinski definition) is 0. The van der Waals surface area contributed by atoms with Crippen LogP contribution in [-0.2, 0) is 0 Å². The smallest absolute Gasteiger partial charge is 0.00259 e. The van der Waals surface area contributed by atoms with Crippen LogP contribution in [0.2, 0.25) is 0 Å². The Labute approximate surface area is 398 Å². The zero-order chi connectivity index (χ0) is 45.2. The Kier molecular flexibility index (Phi) is 10.7. The standard InChI is InChI=1S/C68H46/c1-7-21-47(22-8-1)53-37-54(48-23-9-2-10-24-48)41-59(40-53)62-33-19-35-64-66(62)46-67-63(60-42-55(49-25-11-3-12-26-49)38-56(43-60)50-27-13-4-14-28-50)34-20-36-65(67)68(64)61-44-57(51-29-15-5-16-30-51)39-58(45-61)52-31-17-6-18-32-52/h1-46H. The zero-order valence-corrected chi connectivity index (χ0v) is 37.6. The summed E-state index contributed by atoms with van der Waals surface area (Å²) >= 11 is 0. The van der Waals surface area contributed by atoms with E-state index in [1.807, 2.05) is 0 Å². The molecule has 0 fully saturated rings. The first-order valence-electron chi connectivity index (χ1n) is 23.5. The van der Waals surface area contributed by atoms with Gasteiger partial charge in [-0.05, 0) is 182 Å². The van der Waals surface area contributed by atoms with Gasteiger partial charge in [0.1, 0.15) is 0 Å². The molecule has 0 amide bonds. The molecule has 0 N–H and O–H groups in total.